The molecule has 0 atom stereocenters. The first-order valence-corrected chi connectivity index (χ1v) is 12.5. The lowest BCUT2D eigenvalue weighted by Gasteiger charge is -2.27. The number of rotatable bonds is 9. The normalized spacial score (nSPS) is 14.5. The smallest absolute Gasteiger partial charge is 0.302 e. The lowest BCUT2D eigenvalue weighted by atomic mass is 9.93. The van der Waals surface area contributed by atoms with Crippen LogP contribution in [-0.2, 0) is 19.1 Å². The van der Waals surface area contributed by atoms with Crippen LogP contribution in [0.4, 0.5) is 0 Å². The second-order valence-electron chi connectivity index (χ2n) is 8.80. The van der Waals surface area contributed by atoms with Crippen molar-refractivity contribution in [3.8, 4) is 28.8 Å². The topological polar surface area (TPSA) is 115 Å². The van der Waals surface area contributed by atoms with Gasteiger partial charge in [-0.25, -0.2) is 4.68 Å². The quantitative estimate of drug-likeness (QED) is 0.175. The standard InChI is InChI=1S/C30H28N4O5/c1-4-38-25-13-11-22(12-14-25)28-23(19-34(32-28)24-9-6-5-7-10-24)17-26-20(2)27(18-31)30(37)33(29(26)36)15-8-16-39-21(3)35/h5-7,9-14,17,19H,4,8,15-16H2,1-3H3/b26-17-. The number of hydrogen-bond acceptors (Lipinski definition) is 7. The molecule has 0 fully saturated rings. The lowest BCUT2D eigenvalue weighted by Crippen LogP contribution is -2.43. The fourth-order valence-electron chi connectivity index (χ4n) is 4.23. The Kier molecular flexibility index (Phi) is 8.37. The summed E-state index contributed by atoms with van der Waals surface area (Å²) in [5, 5.41) is 14.5. The van der Waals surface area contributed by atoms with Gasteiger partial charge < -0.3 is 9.47 Å². The number of para-hydroxylation sites is 1. The number of carbonyl (C=O) groups is 3. The number of esters is 1. The molecular weight excluding hydrogens is 496 g/mol. The molecule has 198 valence electrons. The van der Waals surface area contributed by atoms with Gasteiger partial charge in [-0.2, -0.15) is 10.4 Å². The van der Waals surface area contributed by atoms with E-state index in [4.69, 9.17) is 14.6 Å². The van der Waals surface area contributed by atoms with Crippen molar-refractivity contribution >= 4 is 23.9 Å². The lowest BCUT2D eigenvalue weighted by molar-refractivity contribution is -0.141. The highest BCUT2D eigenvalue weighted by molar-refractivity contribution is 6.19. The van der Waals surface area contributed by atoms with Crippen LogP contribution < -0.4 is 4.74 Å². The molecule has 4 rings (SSSR count). The molecule has 9 nitrogen and oxygen atoms in total. The Morgan fingerprint density at radius 2 is 1.79 bits per heavy atom. The van der Waals surface area contributed by atoms with E-state index in [1.165, 1.54) is 6.92 Å². The second-order valence-corrected chi connectivity index (χ2v) is 8.80. The third-order valence-electron chi connectivity index (χ3n) is 6.16. The van der Waals surface area contributed by atoms with E-state index >= 15 is 0 Å². The van der Waals surface area contributed by atoms with Crippen LogP contribution in [0.15, 0.2) is 77.5 Å². The maximum absolute atomic E-state index is 13.5. The van der Waals surface area contributed by atoms with E-state index in [1.54, 1.807) is 17.7 Å². The van der Waals surface area contributed by atoms with E-state index < -0.39 is 17.8 Å². The molecule has 0 aliphatic carbocycles. The Bertz CT molecular complexity index is 1490. The first-order chi connectivity index (χ1) is 18.8. The minimum Gasteiger partial charge on any atom is -0.494 e. The number of carbonyl (C=O) groups excluding carboxylic acids is 3. The summed E-state index contributed by atoms with van der Waals surface area (Å²) in [7, 11) is 0. The van der Waals surface area contributed by atoms with Crippen LogP contribution in [0.5, 0.6) is 5.75 Å². The average Bonchev–Trinajstić information content (AvgIpc) is 3.36. The molecule has 0 bridgehead atoms. The molecule has 39 heavy (non-hydrogen) atoms. The van der Waals surface area contributed by atoms with E-state index in [1.807, 2.05) is 73.8 Å². The molecular formula is C30H28N4O5. The first-order valence-electron chi connectivity index (χ1n) is 12.5. The number of nitriles is 1. The Morgan fingerprint density at radius 3 is 2.44 bits per heavy atom. The number of amides is 2. The second kappa shape index (κ2) is 12.0. The molecule has 0 N–H and O–H groups in total. The number of imide groups is 1. The predicted octanol–water partition coefficient (Wildman–Crippen LogP) is 4.48. The zero-order valence-corrected chi connectivity index (χ0v) is 22.0. The highest BCUT2D eigenvalue weighted by atomic mass is 16.5. The zero-order chi connectivity index (χ0) is 27.9. The summed E-state index contributed by atoms with van der Waals surface area (Å²) in [6.07, 6.45) is 3.73. The van der Waals surface area contributed by atoms with Crippen LogP contribution in [0.25, 0.3) is 23.0 Å². The van der Waals surface area contributed by atoms with Crippen LogP contribution in [0.1, 0.15) is 32.8 Å². The van der Waals surface area contributed by atoms with E-state index in [-0.39, 0.29) is 30.7 Å². The molecule has 1 aliphatic rings. The van der Waals surface area contributed by atoms with E-state index in [2.05, 4.69) is 0 Å². The van der Waals surface area contributed by atoms with Crippen LogP contribution in [0, 0.1) is 11.3 Å². The largest absolute Gasteiger partial charge is 0.494 e. The molecule has 2 aromatic carbocycles. The van der Waals surface area contributed by atoms with Gasteiger partial charge in [-0.3, -0.25) is 19.3 Å². The van der Waals surface area contributed by atoms with Gasteiger partial charge in [0, 0.05) is 36.4 Å². The zero-order valence-electron chi connectivity index (χ0n) is 22.0. The molecule has 0 saturated heterocycles. The van der Waals surface area contributed by atoms with Gasteiger partial charge in [0.25, 0.3) is 11.8 Å². The van der Waals surface area contributed by atoms with Gasteiger partial charge in [0.2, 0.25) is 0 Å². The van der Waals surface area contributed by atoms with Gasteiger partial charge >= 0.3 is 5.97 Å². The van der Waals surface area contributed by atoms with E-state index in [0.29, 0.717) is 23.4 Å². The van der Waals surface area contributed by atoms with Gasteiger partial charge in [0.15, 0.2) is 0 Å². The van der Waals surface area contributed by atoms with Crippen molar-refractivity contribution in [1.29, 1.82) is 5.26 Å². The van der Waals surface area contributed by atoms with Crippen molar-refractivity contribution in [2.75, 3.05) is 19.8 Å². The highest BCUT2D eigenvalue weighted by Gasteiger charge is 2.35. The monoisotopic (exact) mass is 524 g/mol. The molecule has 0 unspecified atom stereocenters. The summed E-state index contributed by atoms with van der Waals surface area (Å²) >= 11 is 0. The molecule has 2 heterocycles. The van der Waals surface area contributed by atoms with Gasteiger partial charge in [-0.05, 0) is 68.3 Å². The Balaban J connectivity index is 1.79. The van der Waals surface area contributed by atoms with Gasteiger partial charge in [0.1, 0.15) is 17.4 Å². The molecule has 0 saturated carbocycles. The third kappa shape index (κ3) is 5.96. The van der Waals surface area contributed by atoms with Crippen LogP contribution in [0.2, 0.25) is 0 Å². The van der Waals surface area contributed by atoms with Gasteiger partial charge in [-0.15, -0.1) is 0 Å². The molecule has 0 spiro atoms. The predicted molar refractivity (Wildman–Crippen MR) is 144 cm³/mol. The third-order valence-corrected chi connectivity index (χ3v) is 6.16. The molecule has 9 heteroatoms. The van der Waals surface area contributed by atoms with Crippen molar-refractivity contribution in [2.24, 2.45) is 0 Å². The molecule has 1 aromatic heterocycles. The van der Waals surface area contributed by atoms with Crippen molar-refractivity contribution in [2.45, 2.75) is 27.2 Å². The maximum Gasteiger partial charge on any atom is 0.302 e. The minimum atomic E-state index is -0.660. The molecule has 2 amide bonds. The minimum absolute atomic E-state index is 0.00969. The van der Waals surface area contributed by atoms with Gasteiger partial charge in [-0.1, -0.05) is 18.2 Å². The number of ether oxygens (including phenoxy) is 2. The van der Waals surface area contributed by atoms with Crippen LogP contribution in [0.3, 0.4) is 0 Å². The summed E-state index contributed by atoms with van der Waals surface area (Å²) in [6.45, 7) is 5.41. The molecule has 1 aliphatic heterocycles. The van der Waals surface area contributed by atoms with Crippen molar-refractivity contribution < 1.29 is 23.9 Å². The van der Waals surface area contributed by atoms with Gasteiger partial charge in [0.05, 0.1) is 24.6 Å². The highest BCUT2D eigenvalue weighted by Crippen LogP contribution is 2.32. The summed E-state index contributed by atoms with van der Waals surface area (Å²) in [4.78, 5) is 38.6. The van der Waals surface area contributed by atoms with E-state index in [9.17, 15) is 19.6 Å². The Hall–Kier alpha value is -4.97. The number of nitrogens with zero attached hydrogens (tertiary/aromatic N) is 4. The SMILES string of the molecule is CCOc1ccc(-c2nn(-c3ccccc3)cc2/C=C2\C(=O)N(CCCOC(C)=O)C(=O)C(C#N)=C2C)cc1. The van der Waals surface area contributed by atoms with Crippen molar-refractivity contribution in [3.05, 3.63) is 83.1 Å². The number of hydrogen-bond donors (Lipinski definition) is 0. The van der Waals surface area contributed by atoms with Crippen LogP contribution in [-0.4, -0.2) is 52.2 Å². The summed E-state index contributed by atoms with van der Waals surface area (Å²) in [5.41, 5.74) is 3.30. The number of benzene rings is 2. The van der Waals surface area contributed by atoms with E-state index in [0.717, 1.165) is 21.9 Å². The molecule has 3 aromatic rings. The summed E-state index contributed by atoms with van der Waals surface area (Å²) in [6, 6.07) is 19.0. The molecule has 0 radical (unpaired) electrons. The summed E-state index contributed by atoms with van der Waals surface area (Å²) in [5.74, 6) is -0.903. The summed E-state index contributed by atoms with van der Waals surface area (Å²) < 4.78 is 12.2. The fraction of sp³-hybridized carbons (Fsp3) is 0.233. The Morgan fingerprint density at radius 1 is 1.08 bits per heavy atom. The fourth-order valence-corrected chi connectivity index (χ4v) is 4.23. The van der Waals surface area contributed by atoms with Crippen molar-refractivity contribution in [3.63, 3.8) is 0 Å². The first kappa shape index (κ1) is 27.1. The number of aromatic nitrogens is 2. The van der Waals surface area contributed by atoms with Crippen LogP contribution >= 0.6 is 0 Å². The average molecular weight is 525 g/mol. The Labute approximate surface area is 226 Å². The maximum atomic E-state index is 13.5. The van der Waals surface area contributed by atoms with Crippen molar-refractivity contribution in [1.82, 2.24) is 14.7 Å².